The minimum atomic E-state index is -0.728. The fourth-order valence-electron chi connectivity index (χ4n) is 3.94. The topological polar surface area (TPSA) is 68.0 Å². The summed E-state index contributed by atoms with van der Waals surface area (Å²) in [5, 5.41) is 18.6. The van der Waals surface area contributed by atoms with E-state index in [-0.39, 0.29) is 17.5 Å². The van der Waals surface area contributed by atoms with E-state index >= 15 is 0 Å². The Morgan fingerprint density at radius 3 is 2.65 bits per heavy atom. The number of hydrogen-bond donors (Lipinski definition) is 0. The van der Waals surface area contributed by atoms with Crippen molar-refractivity contribution in [2.45, 2.75) is 18.7 Å². The Balaban J connectivity index is 1.63. The van der Waals surface area contributed by atoms with Crippen molar-refractivity contribution in [3.8, 4) is 5.75 Å². The van der Waals surface area contributed by atoms with E-state index in [0.717, 1.165) is 16.8 Å². The normalized spacial score (nSPS) is 19.3. The number of nitro groups is 1. The Labute approximate surface area is 186 Å². The van der Waals surface area contributed by atoms with E-state index in [1.54, 1.807) is 41.4 Å². The van der Waals surface area contributed by atoms with Crippen LogP contribution in [0.2, 0.25) is 10.0 Å². The van der Waals surface area contributed by atoms with Crippen LogP contribution in [-0.2, 0) is 0 Å². The second-order valence-corrected chi connectivity index (χ2v) is 8.13. The van der Waals surface area contributed by atoms with E-state index in [1.807, 2.05) is 0 Å². The molecule has 2 aliphatic rings. The lowest BCUT2D eigenvalue weighted by Crippen LogP contribution is -2.33. The number of halogens is 3. The van der Waals surface area contributed by atoms with Crippen LogP contribution in [0.3, 0.4) is 0 Å². The molecule has 0 saturated carbocycles. The highest BCUT2D eigenvalue weighted by Gasteiger charge is 2.42. The lowest BCUT2D eigenvalue weighted by molar-refractivity contribution is -0.385. The summed E-state index contributed by atoms with van der Waals surface area (Å²) in [6, 6.07) is 15.5. The second-order valence-electron chi connectivity index (χ2n) is 7.28. The Bertz CT molecular complexity index is 1230. The highest BCUT2D eigenvalue weighted by molar-refractivity contribution is 6.35. The van der Waals surface area contributed by atoms with Gasteiger partial charge in [0.1, 0.15) is 11.6 Å². The van der Waals surface area contributed by atoms with Crippen LogP contribution in [0.15, 0.2) is 65.8 Å². The minimum Gasteiger partial charge on any atom is -0.463 e. The van der Waals surface area contributed by atoms with Crippen LogP contribution in [0, 0.1) is 15.9 Å². The van der Waals surface area contributed by atoms with Gasteiger partial charge in [-0.2, -0.15) is 5.10 Å². The fraction of sp³-hybridized carbons (Fsp3) is 0.136. The van der Waals surface area contributed by atoms with Gasteiger partial charge in [0, 0.05) is 34.7 Å². The molecule has 0 amide bonds. The molecule has 0 N–H and O–H groups in total. The third kappa shape index (κ3) is 3.49. The molecule has 0 fully saturated rings. The zero-order valence-corrected chi connectivity index (χ0v) is 17.3. The van der Waals surface area contributed by atoms with Gasteiger partial charge < -0.3 is 4.74 Å². The summed E-state index contributed by atoms with van der Waals surface area (Å²) in [6.07, 6.45) is -0.210. The van der Waals surface area contributed by atoms with Gasteiger partial charge >= 0.3 is 0 Å². The average Bonchev–Trinajstić information content (AvgIpc) is 3.19. The SMILES string of the molecule is O=[N+]([O-])c1cccc([C@H]2Oc3c(Cl)cc(Cl)cc3[C@H]3CC(c4ccc(F)cc4)=NN32)c1. The van der Waals surface area contributed by atoms with Gasteiger partial charge in [0.25, 0.3) is 5.69 Å². The van der Waals surface area contributed by atoms with Crippen LogP contribution in [-0.4, -0.2) is 15.6 Å². The number of ether oxygens (including phenoxy) is 1. The Kier molecular flexibility index (Phi) is 4.79. The molecule has 0 aromatic heterocycles. The molecule has 2 aliphatic heterocycles. The molecular weight excluding hydrogens is 444 g/mol. The number of hydrogen-bond acceptors (Lipinski definition) is 5. The van der Waals surface area contributed by atoms with Gasteiger partial charge in [0.05, 0.1) is 21.7 Å². The molecule has 3 aromatic rings. The largest absolute Gasteiger partial charge is 0.463 e. The summed E-state index contributed by atoms with van der Waals surface area (Å²) in [4.78, 5) is 10.8. The summed E-state index contributed by atoms with van der Waals surface area (Å²) >= 11 is 12.7. The molecule has 5 rings (SSSR count). The Morgan fingerprint density at radius 2 is 1.90 bits per heavy atom. The summed E-state index contributed by atoms with van der Waals surface area (Å²) in [5.41, 5.74) is 2.82. The number of hydrazone groups is 1. The van der Waals surface area contributed by atoms with Crippen LogP contribution < -0.4 is 4.74 Å². The number of rotatable bonds is 3. The van der Waals surface area contributed by atoms with E-state index in [9.17, 15) is 14.5 Å². The van der Waals surface area contributed by atoms with E-state index in [2.05, 4.69) is 0 Å². The van der Waals surface area contributed by atoms with E-state index in [1.165, 1.54) is 24.3 Å². The molecule has 0 radical (unpaired) electrons. The van der Waals surface area contributed by atoms with E-state index in [0.29, 0.717) is 27.8 Å². The molecule has 2 atom stereocenters. The lowest BCUT2D eigenvalue weighted by Gasteiger charge is -2.38. The molecule has 31 heavy (non-hydrogen) atoms. The second kappa shape index (κ2) is 7.51. The molecule has 0 saturated heterocycles. The maximum Gasteiger partial charge on any atom is 0.269 e. The van der Waals surface area contributed by atoms with Crippen molar-refractivity contribution >= 4 is 34.6 Å². The van der Waals surface area contributed by atoms with Crippen molar-refractivity contribution in [2.75, 3.05) is 0 Å². The molecule has 0 bridgehead atoms. The third-order valence-corrected chi connectivity index (χ3v) is 5.85. The van der Waals surface area contributed by atoms with Crippen LogP contribution in [0.25, 0.3) is 0 Å². The summed E-state index contributed by atoms with van der Waals surface area (Å²) in [7, 11) is 0. The predicted molar refractivity (Wildman–Crippen MR) is 115 cm³/mol. The molecule has 2 heterocycles. The highest BCUT2D eigenvalue weighted by atomic mass is 35.5. The summed E-state index contributed by atoms with van der Waals surface area (Å²) in [6.45, 7) is 0. The first kappa shape index (κ1) is 19.8. The number of nitrogens with zero attached hydrogens (tertiary/aromatic N) is 3. The predicted octanol–water partition coefficient (Wildman–Crippen LogP) is 6.28. The van der Waals surface area contributed by atoms with E-state index in [4.69, 9.17) is 33.0 Å². The van der Waals surface area contributed by atoms with Gasteiger partial charge in [-0.3, -0.25) is 10.1 Å². The van der Waals surface area contributed by atoms with Crippen LogP contribution in [0.4, 0.5) is 10.1 Å². The number of fused-ring (bicyclic) bond motifs is 3. The zero-order chi connectivity index (χ0) is 21.7. The molecule has 0 spiro atoms. The number of non-ortho nitro benzene ring substituents is 1. The van der Waals surface area contributed by atoms with Gasteiger partial charge in [-0.25, -0.2) is 9.40 Å². The number of nitro benzene ring substituents is 1. The summed E-state index contributed by atoms with van der Waals surface area (Å²) < 4.78 is 19.6. The van der Waals surface area contributed by atoms with Crippen molar-refractivity contribution in [2.24, 2.45) is 5.10 Å². The van der Waals surface area contributed by atoms with Crippen LogP contribution in [0.1, 0.15) is 35.4 Å². The quantitative estimate of drug-likeness (QED) is 0.342. The van der Waals surface area contributed by atoms with Gasteiger partial charge in [-0.05, 0) is 29.8 Å². The van der Waals surface area contributed by atoms with Gasteiger partial charge in [-0.1, -0.05) is 47.5 Å². The maximum atomic E-state index is 13.4. The number of benzene rings is 3. The molecular formula is C22H14Cl2FN3O3. The Hall–Kier alpha value is -3.16. The summed E-state index contributed by atoms with van der Waals surface area (Å²) in [5.74, 6) is 0.140. The Morgan fingerprint density at radius 1 is 1.13 bits per heavy atom. The fourth-order valence-corrected chi connectivity index (χ4v) is 4.50. The van der Waals surface area contributed by atoms with Gasteiger partial charge in [-0.15, -0.1) is 0 Å². The molecule has 9 heteroatoms. The molecule has 6 nitrogen and oxygen atoms in total. The minimum absolute atomic E-state index is 0.0485. The van der Waals surface area contributed by atoms with Crippen LogP contribution >= 0.6 is 23.2 Å². The third-order valence-electron chi connectivity index (χ3n) is 5.35. The maximum absolute atomic E-state index is 13.4. The molecule has 0 unspecified atom stereocenters. The average molecular weight is 458 g/mol. The van der Waals surface area contributed by atoms with Crippen molar-refractivity contribution in [1.29, 1.82) is 0 Å². The van der Waals surface area contributed by atoms with Crippen LogP contribution in [0.5, 0.6) is 5.75 Å². The van der Waals surface area contributed by atoms with E-state index < -0.39 is 11.2 Å². The molecule has 0 aliphatic carbocycles. The standard InChI is InChI=1S/C22H14Cl2FN3O3/c23-14-9-17-20-11-19(12-4-6-15(25)7-5-12)26-27(20)22(31-21(17)18(24)10-14)13-2-1-3-16(8-13)28(29)30/h1-10,20,22H,11H2/t20-,22-/m1/s1. The first-order valence-electron chi connectivity index (χ1n) is 9.42. The van der Waals surface area contributed by atoms with Crippen molar-refractivity contribution in [1.82, 2.24) is 5.01 Å². The molecule has 3 aromatic carbocycles. The van der Waals surface area contributed by atoms with Gasteiger partial charge in [0.15, 0.2) is 0 Å². The van der Waals surface area contributed by atoms with Crippen molar-refractivity contribution in [3.05, 3.63) is 103 Å². The highest BCUT2D eigenvalue weighted by Crippen LogP contribution is 2.51. The first-order valence-corrected chi connectivity index (χ1v) is 10.2. The molecule has 156 valence electrons. The zero-order valence-electron chi connectivity index (χ0n) is 15.8. The monoisotopic (exact) mass is 457 g/mol. The first-order chi connectivity index (χ1) is 14.9. The lowest BCUT2D eigenvalue weighted by atomic mass is 9.96. The smallest absolute Gasteiger partial charge is 0.269 e. The van der Waals surface area contributed by atoms with Gasteiger partial charge in [0.2, 0.25) is 6.23 Å². The van der Waals surface area contributed by atoms with Crippen molar-refractivity contribution < 1.29 is 14.1 Å². The van der Waals surface area contributed by atoms with Crippen molar-refractivity contribution in [3.63, 3.8) is 0 Å².